The molecule has 1 aliphatic carbocycles. The molecule has 0 bridgehead atoms. The lowest BCUT2D eigenvalue weighted by Gasteiger charge is -2.40. The van der Waals surface area contributed by atoms with E-state index in [1.165, 1.54) is 19.3 Å². The molecule has 0 saturated carbocycles. The summed E-state index contributed by atoms with van der Waals surface area (Å²) in [6.45, 7) is 3.63. The number of carbonyl (C=O) groups excluding carboxylic acids is 2. The lowest BCUT2D eigenvalue weighted by Crippen LogP contribution is -2.53. The van der Waals surface area contributed by atoms with Gasteiger partial charge in [-0.15, -0.1) is 0 Å². The number of carbonyl (C=O) groups is 2. The van der Waals surface area contributed by atoms with Crippen LogP contribution in [0.25, 0.3) is 0 Å². The summed E-state index contributed by atoms with van der Waals surface area (Å²) in [5, 5.41) is 0. The van der Waals surface area contributed by atoms with Crippen molar-refractivity contribution in [1.29, 1.82) is 0 Å². The number of fused-ring (bicyclic) bond motifs is 1. The third kappa shape index (κ3) is 3.76. The third-order valence-electron chi connectivity index (χ3n) is 5.88. The number of nitrogens with zero attached hydrogens (tertiary/aromatic N) is 2. The highest BCUT2D eigenvalue weighted by atomic mass is 32.2. The minimum absolute atomic E-state index is 0.0110. The topological polar surface area (TPSA) is 40.6 Å². The van der Waals surface area contributed by atoms with E-state index >= 15 is 0 Å². The molecule has 0 spiro atoms. The van der Waals surface area contributed by atoms with Crippen LogP contribution in [0.2, 0.25) is 0 Å². The first kappa shape index (κ1) is 18.9. The Kier molecular flexibility index (Phi) is 5.50. The number of ketones is 1. The van der Waals surface area contributed by atoms with E-state index in [1.54, 1.807) is 0 Å². The van der Waals surface area contributed by atoms with Gasteiger partial charge in [0, 0.05) is 36.6 Å². The minimum atomic E-state index is -1.03. The molecule has 7 heteroatoms. The SMILES string of the molecule is O=C1CC(C(=O)N2CCSCC2CN2CCCCC2)c2cc(F)c(F)cc21. The minimum Gasteiger partial charge on any atom is -0.336 e. The van der Waals surface area contributed by atoms with E-state index in [1.807, 2.05) is 16.7 Å². The Hall–Kier alpha value is -1.47. The van der Waals surface area contributed by atoms with Crippen LogP contribution in [-0.2, 0) is 4.79 Å². The summed E-state index contributed by atoms with van der Waals surface area (Å²) in [5.41, 5.74) is 0.505. The number of likely N-dealkylation sites (tertiary alicyclic amines) is 1. The first-order valence-electron chi connectivity index (χ1n) is 9.67. The maximum absolute atomic E-state index is 13.7. The summed E-state index contributed by atoms with van der Waals surface area (Å²) in [6.07, 6.45) is 3.67. The maximum Gasteiger partial charge on any atom is 0.230 e. The molecule has 2 heterocycles. The van der Waals surface area contributed by atoms with Crippen LogP contribution in [0.5, 0.6) is 0 Å². The Labute approximate surface area is 162 Å². The molecular formula is C20H24F2N2O2S. The smallest absolute Gasteiger partial charge is 0.230 e. The van der Waals surface area contributed by atoms with E-state index in [0.717, 1.165) is 43.3 Å². The highest BCUT2D eigenvalue weighted by molar-refractivity contribution is 7.99. The van der Waals surface area contributed by atoms with Gasteiger partial charge in [0.25, 0.3) is 0 Å². The molecule has 4 rings (SSSR count). The van der Waals surface area contributed by atoms with Gasteiger partial charge in [0.2, 0.25) is 5.91 Å². The molecule has 1 amide bonds. The predicted molar refractivity (Wildman–Crippen MR) is 101 cm³/mol. The van der Waals surface area contributed by atoms with Crippen molar-refractivity contribution in [2.45, 2.75) is 37.6 Å². The fourth-order valence-electron chi connectivity index (χ4n) is 4.45. The molecule has 0 aromatic heterocycles. The number of piperidine rings is 1. The second kappa shape index (κ2) is 7.87. The quantitative estimate of drug-likeness (QED) is 0.790. The van der Waals surface area contributed by atoms with Gasteiger partial charge >= 0.3 is 0 Å². The van der Waals surface area contributed by atoms with Gasteiger partial charge in [-0.2, -0.15) is 11.8 Å². The van der Waals surface area contributed by atoms with E-state index < -0.39 is 17.6 Å². The molecule has 0 N–H and O–H groups in total. The van der Waals surface area contributed by atoms with Crippen LogP contribution in [0.4, 0.5) is 8.78 Å². The standard InChI is InChI=1S/C20H24F2N2O2S/c21-17-8-14-15(9-18(17)22)19(25)10-16(14)20(26)24-6-7-27-12-13(24)11-23-4-2-1-3-5-23/h8-9,13,16H,1-7,10-12H2. The van der Waals surface area contributed by atoms with E-state index in [4.69, 9.17) is 0 Å². The van der Waals surface area contributed by atoms with E-state index in [9.17, 15) is 18.4 Å². The van der Waals surface area contributed by atoms with Crippen LogP contribution >= 0.6 is 11.8 Å². The zero-order chi connectivity index (χ0) is 19.0. The van der Waals surface area contributed by atoms with Crippen LogP contribution < -0.4 is 0 Å². The van der Waals surface area contributed by atoms with Gasteiger partial charge in [0.1, 0.15) is 0 Å². The molecule has 3 aliphatic rings. The molecule has 27 heavy (non-hydrogen) atoms. The maximum atomic E-state index is 13.7. The van der Waals surface area contributed by atoms with Crippen LogP contribution in [-0.4, -0.2) is 65.2 Å². The van der Waals surface area contributed by atoms with Crippen LogP contribution in [0.1, 0.15) is 47.5 Å². The first-order valence-corrected chi connectivity index (χ1v) is 10.8. The number of thioether (sulfide) groups is 1. The molecule has 2 saturated heterocycles. The third-order valence-corrected chi connectivity index (χ3v) is 6.98. The molecule has 1 aromatic rings. The summed E-state index contributed by atoms with van der Waals surface area (Å²) >= 11 is 1.85. The van der Waals surface area contributed by atoms with Crippen LogP contribution in [0, 0.1) is 11.6 Å². The average molecular weight is 394 g/mol. The summed E-state index contributed by atoms with van der Waals surface area (Å²) in [4.78, 5) is 29.8. The van der Waals surface area contributed by atoms with Gasteiger partial charge in [0.05, 0.1) is 12.0 Å². The molecule has 1 aromatic carbocycles. The van der Waals surface area contributed by atoms with Crippen LogP contribution in [0.15, 0.2) is 12.1 Å². The highest BCUT2D eigenvalue weighted by Gasteiger charge is 2.40. The van der Waals surface area contributed by atoms with Crippen molar-refractivity contribution in [2.75, 3.05) is 37.7 Å². The number of amides is 1. The van der Waals surface area contributed by atoms with Gasteiger partial charge in [0.15, 0.2) is 17.4 Å². The van der Waals surface area contributed by atoms with E-state index in [2.05, 4.69) is 4.90 Å². The second-order valence-electron chi connectivity index (χ2n) is 7.66. The number of halogens is 2. The number of hydrogen-bond donors (Lipinski definition) is 0. The predicted octanol–water partition coefficient (Wildman–Crippen LogP) is 3.06. The molecule has 146 valence electrons. The molecule has 2 fully saturated rings. The Morgan fingerprint density at radius 1 is 1.11 bits per heavy atom. The number of rotatable bonds is 3. The molecular weight excluding hydrogens is 370 g/mol. The lowest BCUT2D eigenvalue weighted by atomic mass is 9.98. The molecule has 2 aliphatic heterocycles. The number of Topliss-reactive ketones (excluding diaryl/α,β-unsaturated/α-hetero) is 1. The van der Waals surface area contributed by atoms with Crippen molar-refractivity contribution in [3.8, 4) is 0 Å². The lowest BCUT2D eigenvalue weighted by molar-refractivity contribution is -0.135. The van der Waals surface area contributed by atoms with Crippen molar-refractivity contribution in [1.82, 2.24) is 9.80 Å². The zero-order valence-corrected chi connectivity index (χ0v) is 16.1. The normalized spacial score (nSPS) is 26.3. The zero-order valence-electron chi connectivity index (χ0n) is 15.3. The monoisotopic (exact) mass is 394 g/mol. The van der Waals surface area contributed by atoms with Gasteiger partial charge < -0.3 is 9.80 Å². The number of hydrogen-bond acceptors (Lipinski definition) is 4. The second-order valence-corrected chi connectivity index (χ2v) is 8.80. The van der Waals surface area contributed by atoms with Crippen molar-refractivity contribution in [3.05, 3.63) is 34.9 Å². The molecule has 2 atom stereocenters. The fraction of sp³-hybridized carbons (Fsp3) is 0.600. The summed E-state index contributed by atoms with van der Waals surface area (Å²) in [5.74, 6) is -1.36. The fourth-order valence-corrected chi connectivity index (χ4v) is 5.50. The largest absolute Gasteiger partial charge is 0.336 e. The van der Waals surface area contributed by atoms with Crippen molar-refractivity contribution in [2.24, 2.45) is 0 Å². The van der Waals surface area contributed by atoms with Crippen molar-refractivity contribution < 1.29 is 18.4 Å². The van der Waals surface area contributed by atoms with Gasteiger partial charge in [-0.05, 0) is 43.6 Å². The van der Waals surface area contributed by atoms with Crippen molar-refractivity contribution in [3.63, 3.8) is 0 Å². The Morgan fingerprint density at radius 3 is 2.63 bits per heavy atom. The average Bonchev–Trinajstić information content (AvgIpc) is 2.99. The van der Waals surface area contributed by atoms with Gasteiger partial charge in [-0.1, -0.05) is 6.42 Å². The molecule has 4 nitrogen and oxygen atoms in total. The van der Waals surface area contributed by atoms with Gasteiger partial charge in [-0.25, -0.2) is 8.78 Å². The van der Waals surface area contributed by atoms with Crippen LogP contribution in [0.3, 0.4) is 0 Å². The summed E-state index contributed by atoms with van der Waals surface area (Å²) < 4.78 is 27.3. The molecule has 2 unspecified atom stereocenters. The summed E-state index contributed by atoms with van der Waals surface area (Å²) in [7, 11) is 0. The Bertz CT molecular complexity index is 752. The number of benzene rings is 1. The Balaban J connectivity index is 1.54. The van der Waals surface area contributed by atoms with E-state index in [0.29, 0.717) is 12.1 Å². The van der Waals surface area contributed by atoms with E-state index in [-0.39, 0.29) is 29.7 Å². The highest BCUT2D eigenvalue weighted by Crippen LogP contribution is 2.37. The first-order chi connectivity index (χ1) is 13.0. The molecule has 0 radical (unpaired) electrons. The Morgan fingerprint density at radius 2 is 1.85 bits per heavy atom. The van der Waals surface area contributed by atoms with Gasteiger partial charge in [-0.3, -0.25) is 9.59 Å². The van der Waals surface area contributed by atoms with Crippen molar-refractivity contribution >= 4 is 23.5 Å². The summed E-state index contributed by atoms with van der Waals surface area (Å²) in [6, 6.07) is 2.09.